The van der Waals surface area contributed by atoms with Gasteiger partial charge in [-0.25, -0.2) is 4.98 Å². The van der Waals surface area contributed by atoms with Gasteiger partial charge in [-0.3, -0.25) is 0 Å². The lowest BCUT2D eigenvalue weighted by Crippen LogP contribution is -2.19. The Kier molecular flexibility index (Phi) is 4.36. The Morgan fingerprint density at radius 2 is 2.24 bits per heavy atom. The highest BCUT2D eigenvalue weighted by atomic mass is 35.5. The molecule has 0 fully saturated rings. The number of aromatic amines is 1. The van der Waals surface area contributed by atoms with Crippen LogP contribution in [0.2, 0.25) is 5.02 Å². The average molecular weight is 254 g/mol. The Labute approximate surface area is 105 Å². The summed E-state index contributed by atoms with van der Waals surface area (Å²) in [6, 6.07) is 5.64. The highest BCUT2D eigenvalue weighted by molar-refractivity contribution is 6.31. The smallest absolute Gasteiger partial charge is 0.108 e. The number of nitrogens with one attached hydrogen (secondary N) is 2. The van der Waals surface area contributed by atoms with Crippen LogP contribution >= 0.6 is 11.6 Å². The SMILES string of the molecule is OCCCNCCc1nc2ccc(Cl)cc2[nH]1. The van der Waals surface area contributed by atoms with Crippen molar-refractivity contribution in [2.24, 2.45) is 0 Å². The molecule has 2 aromatic rings. The van der Waals surface area contributed by atoms with E-state index in [0.717, 1.165) is 42.8 Å². The van der Waals surface area contributed by atoms with Crippen molar-refractivity contribution in [3.05, 3.63) is 29.0 Å². The van der Waals surface area contributed by atoms with Crippen LogP contribution in [0.15, 0.2) is 18.2 Å². The molecule has 0 radical (unpaired) electrons. The number of halogens is 1. The van der Waals surface area contributed by atoms with Crippen LogP contribution in [0.3, 0.4) is 0 Å². The number of hydrogen-bond acceptors (Lipinski definition) is 3. The summed E-state index contributed by atoms with van der Waals surface area (Å²) >= 11 is 5.91. The van der Waals surface area contributed by atoms with E-state index in [1.165, 1.54) is 0 Å². The number of benzene rings is 1. The predicted molar refractivity (Wildman–Crippen MR) is 69.4 cm³/mol. The molecule has 0 saturated carbocycles. The summed E-state index contributed by atoms with van der Waals surface area (Å²) in [5, 5.41) is 12.6. The largest absolute Gasteiger partial charge is 0.396 e. The Hall–Kier alpha value is -1.10. The molecule has 1 aromatic heterocycles. The molecule has 0 aliphatic rings. The van der Waals surface area contributed by atoms with Crippen LogP contribution in [-0.2, 0) is 6.42 Å². The van der Waals surface area contributed by atoms with Gasteiger partial charge in [0.15, 0.2) is 0 Å². The maximum Gasteiger partial charge on any atom is 0.108 e. The molecule has 0 bridgehead atoms. The standard InChI is InChI=1S/C12H16ClN3O/c13-9-2-3-10-11(8-9)16-12(15-10)4-6-14-5-1-7-17/h2-3,8,14,17H,1,4-7H2,(H,15,16). The minimum atomic E-state index is 0.232. The van der Waals surface area contributed by atoms with Crippen molar-refractivity contribution in [1.82, 2.24) is 15.3 Å². The molecule has 0 spiro atoms. The first-order valence-corrected chi connectivity index (χ1v) is 6.13. The lowest BCUT2D eigenvalue weighted by molar-refractivity contribution is 0.286. The van der Waals surface area contributed by atoms with Crippen LogP contribution in [0.1, 0.15) is 12.2 Å². The number of aromatic nitrogens is 2. The second-order valence-electron chi connectivity index (χ2n) is 3.92. The van der Waals surface area contributed by atoms with Crippen molar-refractivity contribution in [3.63, 3.8) is 0 Å². The fourth-order valence-corrected chi connectivity index (χ4v) is 1.86. The number of rotatable bonds is 6. The zero-order chi connectivity index (χ0) is 12.1. The molecule has 1 heterocycles. The monoisotopic (exact) mass is 253 g/mol. The van der Waals surface area contributed by atoms with Crippen LogP contribution in [0.25, 0.3) is 11.0 Å². The predicted octanol–water partition coefficient (Wildman–Crippen LogP) is 1.73. The summed E-state index contributed by atoms with van der Waals surface area (Å²) in [4.78, 5) is 7.71. The lowest BCUT2D eigenvalue weighted by atomic mass is 10.3. The Bertz CT molecular complexity index is 484. The number of H-pyrrole nitrogens is 1. The number of imidazole rings is 1. The second kappa shape index (κ2) is 6.00. The quantitative estimate of drug-likeness (QED) is 0.687. The first-order valence-electron chi connectivity index (χ1n) is 5.75. The van der Waals surface area contributed by atoms with Crippen molar-refractivity contribution in [3.8, 4) is 0 Å². The van der Waals surface area contributed by atoms with Gasteiger partial charge in [-0.2, -0.15) is 0 Å². The minimum absolute atomic E-state index is 0.232. The van der Waals surface area contributed by atoms with E-state index >= 15 is 0 Å². The van der Waals surface area contributed by atoms with Gasteiger partial charge in [0.25, 0.3) is 0 Å². The summed E-state index contributed by atoms with van der Waals surface area (Å²) in [5.74, 6) is 0.957. The zero-order valence-electron chi connectivity index (χ0n) is 9.54. The summed E-state index contributed by atoms with van der Waals surface area (Å²) < 4.78 is 0. The molecule has 1 aromatic carbocycles. The molecule has 0 aliphatic carbocycles. The molecule has 3 N–H and O–H groups in total. The molecule has 92 valence electrons. The fraction of sp³-hybridized carbons (Fsp3) is 0.417. The second-order valence-corrected chi connectivity index (χ2v) is 4.36. The fourth-order valence-electron chi connectivity index (χ4n) is 1.69. The van der Waals surface area contributed by atoms with Gasteiger partial charge >= 0.3 is 0 Å². The van der Waals surface area contributed by atoms with E-state index in [1.807, 2.05) is 18.2 Å². The number of nitrogens with zero attached hydrogens (tertiary/aromatic N) is 1. The van der Waals surface area contributed by atoms with Gasteiger partial charge in [0.05, 0.1) is 11.0 Å². The molecule has 0 aliphatic heterocycles. The molecule has 0 amide bonds. The van der Waals surface area contributed by atoms with Crippen molar-refractivity contribution in [2.45, 2.75) is 12.8 Å². The van der Waals surface area contributed by atoms with Crippen LogP contribution in [-0.4, -0.2) is 34.8 Å². The van der Waals surface area contributed by atoms with Crippen LogP contribution < -0.4 is 5.32 Å². The first-order chi connectivity index (χ1) is 8.29. The third-order valence-corrected chi connectivity index (χ3v) is 2.78. The van der Waals surface area contributed by atoms with Crippen LogP contribution in [0, 0.1) is 0 Å². The van der Waals surface area contributed by atoms with Gasteiger partial charge < -0.3 is 15.4 Å². The molecule has 17 heavy (non-hydrogen) atoms. The van der Waals surface area contributed by atoms with E-state index in [0.29, 0.717) is 5.02 Å². The molecule has 0 atom stereocenters. The number of fused-ring (bicyclic) bond motifs is 1. The van der Waals surface area contributed by atoms with E-state index in [1.54, 1.807) is 0 Å². The molecule has 0 unspecified atom stereocenters. The van der Waals surface area contributed by atoms with E-state index in [4.69, 9.17) is 16.7 Å². The molecule has 2 rings (SSSR count). The van der Waals surface area contributed by atoms with Gasteiger partial charge in [0, 0.05) is 24.6 Å². The highest BCUT2D eigenvalue weighted by Gasteiger charge is 2.02. The molecular formula is C12H16ClN3O. The van der Waals surface area contributed by atoms with E-state index < -0.39 is 0 Å². The van der Waals surface area contributed by atoms with Crippen LogP contribution in [0.4, 0.5) is 0 Å². The van der Waals surface area contributed by atoms with E-state index in [-0.39, 0.29) is 6.61 Å². The average Bonchev–Trinajstić information content (AvgIpc) is 2.70. The van der Waals surface area contributed by atoms with Gasteiger partial charge in [-0.05, 0) is 31.2 Å². The summed E-state index contributed by atoms with van der Waals surface area (Å²) in [7, 11) is 0. The van der Waals surface area contributed by atoms with Gasteiger partial charge in [-0.1, -0.05) is 11.6 Å². The van der Waals surface area contributed by atoms with Crippen molar-refractivity contribution < 1.29 is 5.11 Å². The minimum Gasteiger partial charge on any atom is -0.396 e. The van der Waals surface area contributed by atoms with Crippen molar-refractivity contribution in [1.29, 1.82) is 0 Å². The first kappa shape index (κ1) is 12.4. The maximum atomic E-state index is 8.63. The number of aliphatic hydroxyl groups is 1. The van der Waals surface area contributed by atoms with E-state index in [2.05, 4.69) is 15.3 Å². The topological polar surface area (TPSA) is 60.9 Å². The number of aliphatic hydroxyl groups excluding tert-OH is 1. The van der Waals surface area contributed by atoms with Gasteiger partial charge in [-0.15, -0.1) is 0 Å². The highest BCUT2D eigenvalue weighted by Crippen LogP contribution is 2.17. The van der Waals surface area contributed by atoms with Crippen LogP contribution in [0.5, 0.6) is 0 Å². The Morgan fingerprint density at radius 1 is 1.35 bits per heavy atom. The number of hydrogen-bond donors (Lipinski definition) is 3. The molecule has 5 heteroatoms. The van der Waals surface area contributed by atoms with Crippen molar-refractivity contribution in [2.75, 3.05) is 19.7 Å². The Morgan fingerprint density at radius 3 is 3.06 bits per heavy atom. The van der Waals surface area contributed by atoms with E-state index in [9.17, 15) is 0 Å². The normalized spacial score (nSPS) is 11.2. The maximum absolute atomic E-state index is 8.63. The molecule has 0 saturated heterocycles. The summed E-state index contributed by atoms with van der Waals surface area (Å²) in [5.41, 5.74) is 1.92. The molecule has 4 nitrogen and oxygen atoms in total. The third-order valence-electron chi connectivity index (χ3n) is 2.54. The molecular weight excluding hydrogens is 238 g/mol. The Balaban J connectivity index is 1.91. The lowest BCUT2D eigenvalue weighted by Gasteiger charge is -2.00. The van der Waals surface area contributed by atoms with Crippen molar-refractivity contribution >= 4 is 22.6 Å². The van der Waals surface area contributed by atoms with Gasteiger partial charge in [0.1, 0.15) is 5.82 Å². The zero-order valence-corrected chi connectivity index (χ0v) is 10.3. The van der Waals surface area contributed by atoms with Gasteiger partial charge in [0.2, 0.25) is 0 Å². The summed E-state index contributed by atoms with van der Waals surface area (Å²) in [6.45, 7) is 1.92. The summed E-state index contributed by atoms with van der Waals surface area (Å²) in [6.07, 6.45) is 1.63. The third kappa shape index (κ3) is 3.43.